The maximum Gasteiger partial charge on any atom is 0.253 e. The molecule has 0 saturated carbocycles. The van der Waals surface area contributed by atoms with Gasteiger partial charge in [0.25, 0.3) is 5.91 Å². The number of carbonyl (C=O) groups excluding carboxylic acids is 2. The maximum atomic E-state index is 12.7. The Labute approximate surface area is 158 Å². The number of rotatable bonds is 3. The fourth-order valence-electron chi connectivity index (χ4n) is 3.68. The van der Waals surface area contributed by atoms with Crippen LogP contribution in [-0.4, -0.2) is 29.8 Å². The van der Waals surface area contributed by atoms with E-state index in [-0.39, 0.29) is 17.7 Å². The average Bonchev–Trinajstić information content (AvgIpc) is 2.74. The molecule has 0 aliphatic carbocycles. The van der Waals surface area contributed by atoms with E-state index in [0.29, 0.717) is 31.5 Å². The van der Waals surface area contributed by atoms with Crippen molar-refractivity contribution >= 4 is 28.3 Å². The van der Waals surface area contributed by atoms with Crippen LogP contribution in [-0.2, 0) is 4.79 Å². The van der Waals surface area contributed by atoms with Gasteiger partial charge in [0.2, 0.25) is 5.91 Å². The van der Waals surface area contributed by atoms with Crippen LogP contribution in [0, 0.1) is 5.92 Å². The third-order valence-corrected chi connectivity index (χ3v) is 5.22. The zero-order chi connectivity index (χ0) is 18.6. The Kier molecular flexibility index (Phi) is 4.88. The lowest BCUT2D eigenvalue weighted by atomic mass is 9.95. The number of carbonyl (C=O) groups is 2. The van der Waals surface area contributed by atoms with Crippen molar-refractivity contribution in [2.24, 2.45) is 5.92 Å². The molecule has 0 bridgehead atoms. The molecule has 1 fully saturated rings. The molecule has 0 unspecified atom stereocenters. The lowest BCUT2D eigenvalue weighted by molar-refractivity contribution is -0.121. The predicted octanol–water partition coefficient (Wildman–Crippen LogP) is 4.33. The third kappa shape index (κ3) is 3.70. The van der Waals surface area contributed by atoms with E-state index < -0.39 is 0 Å². The Hall–Kier alpha value is -3.14. The maximum absolute atomic E-state index is 12.7. The summed E-state index contributed by atoms with van der Waals surface area (Å²) in [6.07, 6.45) is 1.38. The molecule has 4 nitrogen and oxygen atoms in total. The predicted molar refractivity (Wildman–Crippen MR) is 108 cm³/mol. The van der Waals surface area contributed by atoms with Crippen molar-refractivity contribution in [1.82, 2.24) is 4.90 Å². The highest BCUT2D eigenvalue weighted by Gasteiger charge is 2.28. The van der Waals surface area contributed by atoms with E-state index in [0.717, 1.165) is 16.5 Å². The van der Waals surface area contributed by atoms with E-state index in [9.17, 15) is 9.59 Å². The van der Waals surface area contributed by atoms with Gasteiger partial charge < -0.3 is 10.2 Å². The van der Waals surface area contributed by atoms with Crippen LogP contribution >= 0.6 is 0 Å². The van der Waals surface area contributed by atoms with Crippen molar-refractivity contribution in [2.45, 2.75) is 12.8 Å². The zero-order valence-electron chi connectivity index (χ0n) is 15.1. The second-order valence-electron chi connectivity index (χ2n) is 6.95. The van der Waals surface area contributed by atoms with Crippen molar-refractivity contribution < 1.29 is 9.59 Å². The minimum Gasteiger partial charge on any atom is -0.339 e. The molecule has 4 rings (SSSR count). The summed E-state index contributed by atoms with van der Waals surface area (Å²) in [7, 11) is 0. The Morgan fingerprint density at radius 3 is 2.26 bits per heavy atom. The molecular weight excluding hydrogens is 336 g/mol. The van der Waals surface area contributed by atoms with Gasteiger partial charge in [0.05, 0.1) is 0 Å². The van der Waals surface area contributed by atoms with Crippen LogP contribution in [0.15, 0.2) is 72.8 Å². The van der Waals surface area contributed by atoms with Crippen LogP contribution in [0.25, 0.3) is 10.8 Å². The number of benzene rings is 3. The Morgan fingerprint density at radius 2 is 1.48 bits per heavy atom. The van der Waals surface area contributed by atoms with Crippen LogP contribution in [0.1, 0.15) is 23.2 Å². The number of likely N-dealkylation sites (tertiary alicyclic amines) is 1. The summed E-state index contributed by atoms with van der Waals surface area (Å²) in [4.78, 5) is 27.1. The summed E-state index contributed by atoms with van der Waals surface area (Å²) in [6.45, 7) is 1.22. The van der Waals surface area contributed by atoms with Gasteiger partial charge >= 0.3 is 0 Å². The van der Waals surface area contributed by atoms with Crippen LogP contribution in [0.2, 0.25) is 0 Å². The van der Waals surface area contributed by atoms with Crippen LogP contribution in [0.5, 0.6) is 0 Å². The summed E-state index contributed by atoms with van der Waals surface area (Å²) in [5, 5.41) is 5.24. The zero-order valence-corrected chi connectivity index (χ0v) is 15.1. The van der Waals surface area contributed by atoms with Gasteiger partial charge in [-0.05, 0) is 36.4 Å². The van der Waals surface area contributed by atoms with Crippen molar-refractivity contribution in [3.63, 3.8) is 0 Å². The van der Waals surface area contributed by atoms with Gasteiger partial charge in [-0.2, -0.15) is 0 Å². The number of piperidine rings is 1. The lowest BCUT2D eigenvalue weighted by Gasteiger charge is -2.31. The van der Waals surface area contributed by atoms with Gasteiger partial charge in [0.1, 0.15) is 0 Å². The number of anilines is 1. The third-order valence-electron chi connectivity index (χ3n) is 5.22. The Bertz CT molecular complexity index is 955. The number of nitrogens with zero attached hydrogens (tertiary/aromatic N) is 1. The minimum absolute atomic E-state index is 0.0400. The molecule has 2 amide bonds. The molecular formula is C23H22N2O2. The smallest absolute Gasteiger partial charge is 0.253 e. The summed E-state index contributed by atoms with van der Waals surface area (Å²) in [5.41, 5.74) is 1.55. The lowest BCUT2D eigenvalue weighted by Crippen LogP contribution is -2.41. The number of hydrogen-bond acceptors (Lipinski definition) is 2. The molecule has 0 atom stereocenters. The fourth-order valence-corrected chi connectivity index (χ4v) is 3.68. The topological polar surface area (TPSA) is 49.4 Å². The molecule has 1 heterocycles. The summed E-state index contributed by atoms with van der Waals surface area (Å²) >= 11 is 0. The molecule has 0 spiro atoms. The van der Waals surface area contributed by atoms with Crippen LogP contribution < -0.4 is 5.32 Å². The largest absolute Gasteiger partial charge is 0.339 e. The summed E-state index contributed by atoms with van der Waals surface area (Å²) in [5.74, 6) is 0.0190. The number of fused-ring (bicyclic) bond motifs is 1. The minimum atomic E-state index is -0.0659. The Morgan fingerprint density at radius 1 is 0.815 bits per heavy atom. The van der Waals surface area contributed by atoms with E-state index in [1.807, 2.05) is 77.7 Å². The first-order valence-electron chi connectivity index (χ1n) is 9.35. The summed E-state index contributed by atoms with van der Waals surface area (Å²) < 4.78 is 0. The second-order valence-corrected chi connectivity index (χ2v) is 6.95. The average molecular weight is 358 g/mol. The normalized spacial score (nSPS) is 14.9. The molecule has 0 aromatic heterocycles. The molecule has 1 saturated heterocycles. The van der Waals surface area contributed by atoms with E-state index in [1.165, 1.54) is 0 Å². The van der Waals surface area contributed by atoms with E-state index in [2.05, 4.69) is 5.32 Å². The first-order valence-corrected chi connectivity index (χ1v) is 9.35. The standard InChI is InChI=1S/C23H22N2O2/c26-22(24-21-12-6-10-17-7-4-5-11-20(17)21)18-13-15-25(16-14-18)23(27)19-8-2-1-3-9-19/h1-12,18H,13-16H2,(H,24,26). The van der Waals surface area contributed by atoms with Gasteiger partial charge in [0.15, 0.2) is 0 Å². The van der Waals surface area contributed by atoms with Gasteiger partial charge in [0, 0.05) is 35.6 Å². The van der Waals surface area contributed by atoms with Gasteiger partial charge in [-0.3, -0.25) is 9.59 Å². The molecule has 4 heteroatoms. The SMILES string of the molecule is O=C(Nc1cccc2ccccc12)C1CCN(C(=O)c2ccccc2)CC1. The molecule has 1 aliphatic heterocycles. The van der Waals surface area contributed by atoms with Gasteiger partial charge in [-0.1, -0.05) is 54.6 Å². The fraction of sp³-hybridized carbons (Fsp3) is 0.217. The highest BCUT2D eigenvalue weighted by atomic mass is 16.2. The number of amides is 2. The molecule has 3 aromatic rings. The molecule has 1 N–H and O–H groups in total. The van der Waals surface area contributed by atoms with Crippen molar-refractivity contribution in [2.75, 3.05) is 18.4 Å². The Balaban J connectivity index is 1.39. The van der Waals surface area contributed by atoms with Gasteiger partial charge in [-0.25, -0.2) is 0 Å². The second kappa shape index (κ2) is 7.62. The number of hydrogen-bond donors (Lipinski definition) is 1. The van der Waals surface area contributed by atoms with E-state index in [4.69, 9.17) is 0 Å². The van der Waals surface area contributed by atoms with Crippen LogP contribution in [0.4, 0.5) is 5.69 Å². The molecule has 136 valence electrons. The molecule has 27 heavy (non-hydrogen) atoms. The van der Waals surface area contributed by atoms with Crippen molar-refractivity contribution in [1.29, 1.82) is 0 Å². The highest BCUT2D eigenvalue weighted by molar-refractivity contribution is 6.03. The quantitative estimate of drug-likeness (QED) is 0.757. The van der Waals surface area contributed by atoms with Gasteiger partial charge in [-0.15, -0.1) is 0 Å². The van der Waals surface area contributed by atoms with E-state index in [1.54, 1.807) is 0 Å². The number of nitrogens with one attached hydrogen (secondary N) is 1. The highest BCUT2D eigenvalue weighted by Crippen LogP contribution is 2.25. The first kappa shape index (κ1) is 17.3. The van der Waals surface area contributed by atoms with Crippen molar-refractivity contribution in [3.05, 3.63) is 78.4 Å². The monoisotopic (exact) mass is 358 g/mol. The van der Waals surface area contributed by atoms with E-state index >= 15 is 0 Å². The molecule has 3 aromatic carbocycles. The first-order chi connectivity index (χ1) is 13.2. The van der Waals surface area contributed by atoms with Crippen LogP contribution in [0.3, 0.4) is 0 Å². The van der Waals surface area contributed by atoms with Crippen molar-refractivity contribution in [3.8, 4) is 0 Å². The summed E-state index contributed by atoms with van der Waals surface area (Å²) in [6, 6.07) is 23.3. The molecule has 0 radical (unpaired) electrons. The molecule has 1 aliphatic rings.